The Morgan fingerprint density at radius 2 is 1.89 bits per heavy atom. The Balaban J connectivity index is 1.51. The fourth-order valence-corrected chi connectivity index (χ4v) is 4.75. The van der Waals surface area contributed by atoms with E-state index in [1.807, 2.05) is 9.80 Å². The summed E-state index contributed by atoms with van der Waals surface area (Å²) in [7, 11) is 0. The number of carbonyl (C=O) groups excluding carboxylic acids is 2. The molecule has 3 aliphatic rings. The van der Waals surface area contributed by atoms with Crippen LogP contribution in [0, 0.1) is 18.3 Å². The lowest BCUT2D eigenvalue weighted by Gasteiger charge is -2.38. The molecule has 156 valence electrons. The first kappa shape index (κ1) is 21.1. The molecular formula is C22H35N3O3. The number of hydrogen-bond acceptors (Lipinski definition) is 4. The summed E-state index contributed by atoms with van der Waals surface area (Å²) in [6, 6.07) is 0.282. The molecule has 3 fully saturated rings. The zero-order valence-electron chi connectivity index (χ0n) is 17.1. The van der Waals surface area contributed by atoms with Crippen LogP contribution in [0.3, 0.4) is 0 Å². The van der Waals surface area contributed by atoms with Crippen molar-refractivity contribution >= 4 is 11.8 Å². The van der Waals surface area contributed by atoms with Crippen LogP contribution in [0.2, 0.25) is 0 Å². The van der Waals surface area contributed by atoms with E-state index in [0.29, 0.717) is 25.9 Å². The number of morpholine rings is 1. The maximum Gasteiger partial charge on any atom is 0.228 e. The van der Waals surface area contributed by atoms with Gasteiger partial charge in [0.05, 0.1) is 25.7 Å². The fraction of sp³-hybridized carbons (Fsp3) is 0.818. The Bertz CT molecular complexity index is 562. The third-order valence-corrected chi connectivity index (χ3v) is 6.42. The molecule has 1 saturated carbocycles. The van der Waals surface area contributed by atoms with Gasteiger partial charge in [-0.2, -0.15) is 0 Å². The summed E-state index contributed by atoms with van der Waals surface area (Å²) in [5, 5.41) is 0. The number of likely N-dealkylation sites (tertiary alicyclic amines) is 1. The number of rotatable bonds is 7. The van der Waals surface area contributed by atoms with Crippen LogP contribution in [0.15, 0.2) is 0 Å². The molecule has 2 amide bonds. The summed E-state index contributed by atoms with van der Waals surface area (Å²) < 4.78 is 5.38. The maximum atomic E-state index is 13.2. The van der Waals surface area contributed by atoms with E-state index in [1.54, 1.807) is 0 Å². The zero-order valence-corrected chi connectivity index (χ0v) is 17.1. The lowest BCUT2D eigenvalue weighted by Crippen LogP contribution is -2.50. The van der Waals surface area contributed by atoms with Crippen molar-refractivity contribution in [2.75, 3.05) is 52.5 Å². The van der Waals surface area contributed by atoms with Gasteiger partial charge < -0.3 is 14.5 Å². The summed E-state index contributed by atoms with van der Waals surface area (Å²) in [6.45, 7) is 6.20. The van der Waals surface area contributed by atoms with Gasteiger partial charge in [0.25, 0.3) is 0 Å². The molecule has 2 saturated heterocycles. The lowest BCUT2D eigenvalue weighted by atomic mass is 9.91. The molecular weight excluding hydrogens is 354 g/mol. The summed E-state index contributed by atoms with van der Waals surface area (Å²) in [4.78, 5) is 31.8. The predicted octanol–water partition coefficient (Wildman–Crippen LogP) is 1.74. The van der Waals surface area contributed by atoms with E-state index in [0.717, 1.165) is 58.7 Å². The van der Waals surface area contributed by atoms with Crippen LogP contribution < -0.4 is 0 Å². The highest BCUT2D eigenvalue weighted by Crippen LogP contribution is 2.26. The van der Waals surface area contributed by atoms with Crippen molar-refractivity contribution in [3.8, 4) is 12.3 Å². The molecule has 0 N–H and O–H groups in total. The van der Waals surface area contributed by atoms with Crippen LogP contribution >= 0.6 is 0 Å². The molecule has 0 aromatic heterocycles. The summed E-state index contributed by atoms with van der Waals surface area (Å²) >= 11 is 0. The molecule has 0 unspecified atom stereocenters. The Hall–Kier alpha value is -1.58. The SMILES string of the molecule is C#CCN(C(=O)[C@H]1CCC(=O)N(CCCN2CCOCC2)C1)C1CCCCC1. The maximum absolute atomic E-state index is 13.2. The van der Waals surface area contributed by atoms with E-state index in [1.165, 1.54) is 19.3 Å². The van der Waals surface area contributed by atoms with Gasteiger partial charge in [-0.05, 0) is 25.7 Å². The van der Waals surface area contributed by atoms with Gasteiger partial charge in [0, 0.05) is 45.2 Å². The van der Waals surface area contributed by atoms with Crippen molar-refractivity contribution in [3.63, 3.8) is 0 Å². The second-order valence-electron chi connectivity index (χ2n) is 8.35. The van der Waals surface area contributed by atoms with E-state index in [2.05, 4.69) is 10.8 Å². The Morgan fingerprint density at radius 3 is 2.61 bits per heavy atom. The smallest absolute Gasteiger partial charge is 0.228 e. The number of piperidine rings is 1. The molecule has 6 heteroatoms. The van der Waals surface area contributed by atoms with Crippen LogP contribution in [-0.4, -0.2) is 85.0 Å². The number of terminal acetylenes is 1. The molecule has 2 heterocycles. The zero-order chi connectivity index (χ0) is 19.8. The minimum atomic E-state index is -0.101. The number of hydrogen-bond donors (Lipinski definition) is 0. The molecule has 1 aliphatic carbocycles. The molecule has 0 bridgehead atoms. The van der Waals surface area contributed by atoms with Gasteiger partial charge in [-0.1, -0.05) is 25.2 Å². The molecule has 1 atom stereocenters. The van der Waals surface area contributed by atoms with E-state index >= 15 is 0 Å². The highest BCUT2D eigenvalue weighted by Gasteiger charge is 2.35. The van der Waals surface area contributed by atoms with Gasteiger partial charge in [-0.25, -0.2) is 0 Å². The molecule has 0 spiro atoms. The molecule has 0 radical (unpaired) electrons. The summed E-state index contributed by atoms with van der Waals surface area (Å²) in [5.74, 6) is 2.93. The number of carbonyl (C=O) groups is 2. The third kappa shape index (κ3) is 5.71. The number of amides is 2. The quantitative estimate of drug-likeness (QED) is 0.623. The minimum Gasteiger partial charge on any atom is -0.379 e. The van der Waals surface area contributed by atoms with Crippen molar-refractivity contribution in [3.05, 3.63) is 0 Å². The predicted molar refractivity (Wildman–Crippen MR) is 109 cm³/mol. The van der Waals surface area contributed by atoms with Gasteiger partial charge >= 0.3 is 0 Å². The second-order valence-corrected chi connectivity index (χ2v) is 8.35. The molecule has 3 rings (SSSR count). The average Bonchev–Trinajstić information content (AvgIpc) is 2.74. The van der Waals surface area contributed by atoms with E-state index in [-0.39, 0.29) is 23.8 Å². The van der Waals surface area contributed by atoms with Crippen molar-refractivity contribution in [2.24, 2.45) is 5.92 Å². The summed E-state index contributed by atoms with van der Waals surface area (Å²) in [6.07, 6.45) is 13.4. The third-order valence-electron chi connectivity index (χ3n) is 6.42. The number of ether oxygens (including phenoxy) is 1. The molecule has 6 nitrogen and oxygen atoms in total. The second kappa shape index (κ2) is 10.8. The molecule has 28 heavy (non-hydrogen) atoms. The van der Waals surface area contributed by atoms with Crippen LogP contribution in [0.5, 0.6) is 0 Å². The summed E-state index contributed by atoms with van der Waals surface area (Å²) in [5.41, 5.74) is 0. The highest BCUT2D eigenvalue weighted by molar-refractivity contribution is 5.84. The molecule has 0 aromatic carbocycles. The topological polar surface area (TPSA) is 53.1 Å². The van der Waals surface area contributed by atoms with Crippen LogP contribution in [0.1, 0.15) is 51.4 Å². The van der Waals surface area contributed by atoms with Gasteiger partial charge in [0.15, 0.2) is 0 Å². The van der Waals surface area contributed by atoms with Crippen molar-refractivity contribution < 1.29 is 14.3 Å². The highest BCUT2D eigenvalue weighted by atomic mass is 16.5. The van der Waals surface area contributed by atoms with E-state index < -0.39 is 0 Å². The standard InChI is InChI=1S/C22H35N3O3/c1-2-11-25(20-7-4-3-5-8-20)22(27)19-9-10-21(26)24(18-19)13-6-12-23-14-16-28-17-15-23/h1,19-20H,3-18H2/t19-/m0/s1. The van der Waals surface area contributed by atoms with Gasteiger partial charge in [-0.15, -0.1) is 6.42 Å². The van der Waals surface area contributed by atoms with Crippen LogP contribution in [-0.2, 0) is 14.3 Å². The van der Waals surface area contributed by atoms with E-state index in [9.17, 15) is 9.59 Å². The first-order chi connectivity index (χ1) is 13.7. The van der Waals surface area contributed by atoms with Crippen molar-refractivity contribution in [1.29, 1.82) is 0 Å². The van der Waals surface area contributed by atoms with E-state index in [4.69, 9.17) is 11.2 Å². The van der Waals surface area contributed by atoms with Gasteiger partial charge in [0.2, 0.25) is 11.8 Å². The fourth-order valence-electron chi connectivity index (χ4n) is 4.75. The van der Waals surface area contributed by atoms with Gasteiger partial charge in [0.1, 0.15) is 0 Å². The van der Waals surface area contributed by atoms with Crippen molar-refractivity contribution in [2.45, 2.75) is 57.4 Å². The molecule has 0 aromatic rings. The number of nitrogens with zero attached hydrogens (tertiary/aromatic N) is 3. The Labute approximate surface area is 169 Å². The minimum absolute atomic E-state index is 0.101. The molecule has 2 aliphatic heterocycles. The Kier molecular flexibility index (Phi) is 8.17. The normalized spacial score (nSPS) is 24.8. The average molecular weight is 390 g/mol. The first-order valence-electron chi connectivity index (χ1n) is 11.0. The van der Waals surface area contributed by atoms with Crippen LogP contribution in [0.4, 0.5) is 0 Å². The van der Waals surface area contributed by atoms with Gasteiger partial charge in [-0.3, -0.25) is 14.5 Å². The van der Waals surface area contributed by atoms with Crippen LogP contribution in [0.25, 0.3) is 0 Å². The van der Waals surface area contributed by atoms with Crippen molar-refractivity contribution in [1.82, 2.24) is 14.7 Å². The Morgan fingerprint density at radius 1 is 1.14 bits per heavy atom. The largest absolute Gasteiger partial charge is 0.379 e. The lowest BCUT2D eigenvalue weighted by molar-refractivity contribution is -0.144. The monoisotopic (exact) mass is 389 g/mol. The first-order valence-corrected chi connectivity index (χ1v) is 11.0.